The van der Waals surface area contributed by atoms with Crippen molar-refractivity contribution in [2.75, 3.05) is 72.2 Å². The number of morpholine rings is 2. The van der Waals surface area contributed by atoms with Crippen molar-refractivity contribution < 1.29 is 14.3 Å². The molecule has 0 saturated carbocycles. The van der Waals surface area contributed by atoms with Crippen molar-refractivity contribution in [3.05, 3.63) is 35.5 Å². The molecule has 0 spiro atoms. The molecular formula is C27H39N5O3S. The van der Waals surface area contributed by atoms with Crippen LogP contribution in [0.2, 0.25) is 0 Å². The number of H-pyrrole nitrogens is 1. The zero-order chi connectivity index (χ0) is 24.7. The van der Waals surface area contributed by atoms with E-state index in [2.05, 4.69) is 39.1 Å². The van der Waals surface area contributed by atoms with Crippen LogP contribution < -0.4 is 0 Å². The molecule has 1 unspecified atom stereocenters. The molecule has 0 aliphatic carbocycles. The van der Waals surface area contributed by atoms with Gasteiger partial charge in [0.25, 0.3) is 5.91 Å². The van der Waals surface area contributed by atoms with Gasteiger partial charge in [0.05, 0.1) is 32.1 Å². The first-order chi connectivity index (χ1) is 17.7. The second-order valence-corrected chi connectivity index (χ2v) is 11.0. The van der Waals surface area contributed by atoms with E-state index in [1.54, 1.807) is 11.8 Å². The van der Waals surface area contributed by atoms with Crippen molar-refractivity contribution >= 4 is 17.7 Å². The largest absolute Gasteiger partial charge is 0.379 e. The number of nitrogens with zero attached hydrogens (tertiary/aromatic N) is 4. The van der Waals surface area contributed by atoms with Gasteiger partial charge in [0.1, 0.15) is 5.69 Å². The first kappa shape index (κ1) is 25.7. The molecule has 9 heteroatoms. The highest BCUT2D eigenvalue weighted by molar-refractivity contribution is 7.98. The fraction of sp³-hybridized carbons (Fsp3) is 0.630. The zero-order valence-electron chi connectivity index (χ0n) is 21.4. The minimum atomic E-state index is 0.0343. The Hall–Kier alpha value is -1.91. The number of likely N-dealkylation sites (tertiary alicyclic amines) is 1. The van der Waals surface area contributed by atoms with Crippen LogP contribution in [0, 0.1) is 0 Å². The number of hydrogen-bond acceptors (Lipinski definition) is 7. The number of fused-ring (bicyclic) bond motifs is 3. The summed E-state index contributed by atoms with van der Waals surface area (Å²) in [6.07, 6.45) is 4.24. The monoisotopic (exact) mass is 513 g/mol. The molecule has 5 heterocycles. The number of aromatic nitrogens is 2. The van der Waals surface area contributed by atoms with Crippen LogP contribution in [0.15, 0.2) is 29.2 Å². The molecule has 3 fully saturated rings. The van der Waals surface area contributed by atoms with Gasteiger partial charge in [-0.1, -0.05) is 24.6 Å². The second-order valence-electron chi connectivity index (χ2n) is 9.98. The number of aromatic amines is 1. The summed E-state index contributed by atoms with van der Waals surface area (Å²) in [5, 5.41) is 7.36. The van der Waals surface area contributed by atoms with Crippen molar-refractivity contribution in [3.8, 4) is 11.3 Å². The maximum atomic E-state index is 12.6. The van der Waals surface area contributed by atoms with Gasteiger partial charge in [0.2, 0.25) is 0 Å². The third-order valence-corrected chi connectivity index (χ3v) is 8.65. The number of carbonyl (C=O) groups is 1. The summed E-state index contributed by atoms with van der Waals surface area (Å²) >= 11 is 1.76. The predicted octanol–water partition coefficient (Wildman–Crippen LogP) is 3.35. The summed E-state index contributed by atoms with van der Waals surface area (Å²) in [4.78, 5) is 20.9. The molecule has 4 aliphatic heterocycles. The van der Waals surface area contributed by atoms with E-state index in [1.165, 1.54) is 50.3 Å². The number of thioether (sulfide) groups is 1. The molecule has 1 N–H and O–H groups in total. The molecule has 4 aliphatic rings. The Balaban J connectivity index is 0.000000157. The Morgan fingerprint density at radius 1 is 1.03 bits per heavy atom. The number of hydrogen-bond donors (Lipinski definition) is 1. The Morgan fingerprint density at radius 3 is 2.61 bits per heavy atom. The van der Waals surface area contributed by atoms with E-state index >= 15 is 0 Å². The highest BCUT2D eigenvalue weighted by Gasteiger charge is 2.28. The molecule has 1 aromatic heterocycles. The third kappa shape index (κ3) is 6.14. The lowest BCUT2D eigenvalue weighted by molar-refractivity contribution is -0.00465. The number of piperidine rings is 1. The molecular weight excluding hydrogens is 474 g/mol. The third-order valence-electron chi connectivity index (χ3n) is 7.55. The van der Waals surface area contributed by atoms with E-state index in [-0.39, 0.29) is 5.91 Å². The Labute approximate surface area is 218 Å². The van der Waals surface area contributed by atoms with Gasteiger partial charge in [-0.25, -0.2) is 0 Å². The van der Waals surface area contributed by atoms with E-state index < -0.39 is 0 Å². The van der Waals surface area contributed by atoms with Gasteiger partial charge in [0, 0.05) is 60.5 Å². The highest BCUT2D eigenvalue weighted by Crippen LogP contribution is 2.41. The Kier molecular flexibility index (Phi) is 8.97. The average Bonchev–Trinajstić information content (AvgIpc) is 3.38. The van der Waals surface area contributed by atoms with Crippen molar-refractivity contribution in [3.63, 3.8) is 0 Å². The maximum Gasteiger partial charge on any atom is 0.272 e. The summed E-state index contributed by atoms with van der Waals surface area (Å²) < 4.78 is 10.8. The fourth-order valence-corrected chi connectivity index (χ4v) is 6.39. The number of benzene rings is 1. The van der Waals surface area contributed by atoms with Crippen molar-refractivity contribution in [2.24, 2.45) is 0 Å². The van der Waals surface area contributed by atoms with E-state index in [0.29, 0.717) is 38.0 Å². The van der Waals surface area contributed by atoms with Crippen LogP contribution in [0.4, 0.5) is 0 Å². The summed E-state index contributed by atoms with van der Waals surface area (Å²) in [5.74, 6) is 0.820. The van der Waals surface area contributed by atoms with Crippen LogP contribution in [0.1, 0.15) is 42.2 Å². The minimum absolute atomic E-state index is 0.0343. The van der Waals surface area contributed by atoms with Gasteiger partial charge in [-0.3, -0.25) is 14.8 Å². The van der Waals surface area contributed by atoms with Crippen LogP contribution in [-0.4, -0.2) is 109 Å². The van der Waals surface area contributed by atoms with Crippen LogP contribution >= 0.6 is 11.8 Å². The molecule has 1 aromatic carbocycles. The van der Waals surface area contributed by atoms with Crippen LogP contribution in [0.5, 0.6) is 0 Å². The summed E-state index contributed by atoms with van der Waals surface area (Å²) in [6, 6.07) is 8.81. The molecule has 2 aromatic rings. The Morgan fingerprint density at radius 2 is 1.81 bits per heavy atom. The average molecular weight is 514 g/mol. The van der Waals surface area contributed by atoms with Crippen molar-refractivity contribution in [1.29, 1.82) is 0 Å². The topological polar surface area (TPSA) is 73.9 Å². The molecule has 1 atom stereocenters. The molecule has 196 valence electrons. The normalized spacial score (nSPS) is 22.8. The smallest absolute Gasteiger partial charge is 0.272 e. The standard InChI is InChI=1S/C15H15N3O2S.C12H24N2O/c19-15(18-5-7-20-8-6-18)14-11-9-21-12-4-2-1-3-10(12)13(11)16-17-14;1-12-11-15-10-9-14(12)8-7-13-5-3-2-4-6-13/h1-4H,5-9H2,(H,16,17);12H,2-11H2,1H3. The quantitative estimate of drug-likeness (QED) is 0.672. The highest BCUT2D eigenvalue weighted by atomic mass is 32.2. The molecule has 3 saturated heterocycles. The van der Waals surface area contributed by atoms with E-state index in [9.17, 15) is 4.79 Å². The number of carbonyl (C=O) groups excluding carboxylic acids is 1. The van der Waals surface area contributed by atoms with E-state index in [0.717, 1.165) is 42.3 Å². The zero-order valence-corrected chi connectivity index (χ0v) is 22.2. The Bertz CT molecular complexity index is 1000. The molecule has 0 radical (unpaired) electrons. The number of nitrogens with one attached hydrogen (secondary N) is 1. The lowest BCUT2D eigenvalue weighted by atomic mass is 10.1. The molecule has 1 amide bonds. The number of ether oxygens (including phenoxy) is 2. The predicted molar refractivity (Wildman–Crippen MR) is 142 cm³/mol. The van der Waals surface area contributed by atoms with E-state index in [1.807, 2.05) is 17.0 Å². The number of rotatable bonds is 4. The van der Waals surface area contributed by atoms with Gasteiger partial charge < -0.3 is 19.3 Å². The van der Waals surface area contributed by atoms with Crippen LogP contribution in [0.25, 0.3) is 11.3 Å². The van der Waals surface area contributed by atoms with Gasteiger partial charge in [-0.2, -0.15) is 5.10 Å². The first-order valence-electron chi connectivity index (χ1n) is 13.4. The van der Waals surface area contributed by atoms with Crippen LogP contribution in [0.3, 0.4) is 0 Å². The molecule has 6 rings (SSSR count). The van der Waals surface area contributed by atoms with Crippen molar-refractivity contribution in [2.45, 2.75) is 42.9 Å². The second kappa shape index (κ2) is 12.6. The summed E-state index contributed by atoms with van der Waals surface area (Å²) in [7, 11) is 0. The summed E-state index contributed by atoms with van der Waals surface area (Å²) in [5.41, 5.74) is 3.69. The molecule has 8 nitrogen and oxygen atoms in total. The lowest BCUT2D eigenvalue weighted by Gasteiger charge is -2.35. The van der Waals surface area contributed by atoms with Gasteiger partial charge in [-0.05, 0) is 38.9 Å². The number of amides is 1. The SMILES string of the molecule is CC1COCCN1CCN1CCCCC1.O=C(c1[nH]nc2c1CSc1ccccc1-2)N1CCOCC1. The molecule has 0 bridgehead atoms. The maximum absolute atomic E-state index is 12.6. The summed E-state index contributed by atoms with van der Waals surface area (Å²) in [6.45, 7) is 12.9. The lowest BCUT2D eigenvalue weighted by Crippen LogP contribution is -2.47. The van der Waals surface area contributed by atoms with E-state index in [4.69, 9.17) is 9.47 Å². The van der Waals surface area contributed by atoms with Gasteiger partial charge >= 0.3 is 0 Å². The first-order valence-corrected chi connectivity index (χ1v) is 14.4. The fourth-order valence-electron chi connectivity index (χ4n) is 5.31. The van der Waals surface area contributed by atoms with Crippen molar-refractivity contribution in [1.82, 2.24) is 24.9 Å². The van der Waals surface area contributed by atoms with Crippen LogP contribution in [-0.2, 0) is 15.2 Å². The minimum Gasteiger partial charge on any atom is -0.379 e. The molecule has 36 heavy (non-hydrogen) atoms. The van der Waals surface area contributed by atoms with Gasteiger partial charge in [-0.15, -0.1) is 11.8 Å². The van der Waals surface area contributed by atoms with Gasteiger partial charge in [0.15, 0.2) is 0 Å².